The Morgan fingerprint density at radius 2 is 2.21 bits per heavy atom. The maximum Gasteiger partial charge on any atom is 0.408 e. The van der Waals surface area contributed by atoms with Crippen molar-refractivity contribution in [3.8, 4) is 0 Å². The molecule has 1 aromatic carbocycles. The number of amides is 1. The first-order valence-electron chi connectivity index (χ1n) is 4.32. The Balaban J connectivity index is 2.40. The second kappa shape index (κ2) is 3.17. The Labute approximate surface area is 87.0 Å². The first-order valence-corrected chi connectivity index (χ1v) is 4.69. The van der Waals surface area contributed by atoms with E-state index in [1.807, 2.05) is 25.1 Å². The van der Waals surface area contributed by atoms with Gasteiger partial charge in [0, 0.05) is 5.02 Å². The molecule has 74 valence electrons. The molecule has 0 aromatic heterocycles. The standard InChI is InChI=1S/C10H10ClNO2/c1-10(6-14-9(13)12-10)7-4-2-3-5-8(7)11/h2-5H,6H2,1H3,(H,12,13). The third-order valence-electron chi connectivity index (χ3n) is 2.34. The minimum Gasteiger partial charge on any atom is -0.447 e. The Bertz CT molecular complexity index is 380. The van der Waals surface area contributed by atoms with E-state index in [1.54, 1.807) is 6.07 Å². The van der Waals surface area contributed by atoms with Crippen LogP contribution in [0.5, 0.6) is 0 Å². The van der Waals surface area contributed by atoms with Crippen molar-refractivity contribution in [2.45, 2.75) is 12.5 Å². The number of nitrogens with one attached hydrogen (secondary N) is 1. The van der Waals surface area contributed by atoms with Crippen LogP contribution >= 0.6 is 11.6 Å². The van der Waals surface area contributed by atoms with Gasteiger partial charge < -0.3 is 10.1 Å². The fraction of sp³-hybridized carbons (Fsp3) is 0.300. The van der Waals surface area contributed by atoms with Gasteiger partial charge in [0.25, 0.3) is 0 Å². The zero-order valence-corrected chi connectivity index (χ0v) is 8.47. The molecule has 1 unspecified atom stereocenters. The monoisotopic (exact) mass is 211 g/mol. The number of rotatable bonds is 1. The summed E-state index contributed by atoms with van der Waals surface area (Å²) < 4.78 is 4.87. The zero-order chi connectivity index (χ0) is 10.2. The van der Waals surface area contributed by atoms with Crippen molar-refractivity contribution < 1.29 is 9.53 Å². The van der Waals surface area contributed by atoms with E-state index in [4.69, 9.17) is 16.3 Å². The predicted octanol–water partition coefficient (Wildman–Crippen LogP) is 2.29. The highest BCUT2D eigenvalue weighted by molar-refractivity contribution is 6.31. The molecule has 2 rings (SSSR count). The van der Waals surface area contributed by atoms with Crippen LogP contribution in [0.4, 0.5) is 4.79 Å². The van der Waals surface area contributed by atoms with Gasteiger partial charge in [0.2, 0.25) is 0 Å². The van der Waals surface area contributed by atoms with Crippen LogP contribution in [0.15, 0.2) is 24.3 Å². The van der Waals surface area contributed by atoms with Crippen molar-refractivity contribution in [3.63, 3.8) is 0 Å². The van der Waals surface area contributed by atoms with E-state index < -0.39 is 11.6 Å². The summed E-state index contributed by atoms with van der Waals surface area (Å²) in [7, 11) is 0. The van der Waals surface area contributed by atoms with Crippen molar-refractivity contribution >= 4 is 17.7 Å². The topological polar surface area (TPSA) is 38.3 Å². The zero-order valence-electron chi connectivity index (χ0n) is 7.71. The maximum atomic E-state index is 11.0. The van der Waals surface area contributed by atoms with Crippen molar-refractivity contribution in [3.05, 3.63) is 34.9 Å². The third-order valence-corrected chi connectivity index (χ3v) is 2.67. The number of benzene rings is 1. The molecule has 1 aromatic rings. The molecule has 0 radical (unpaired) electrons. The summed E-state index contributed by atoms with van der Waals surface area (Å²) in [6, 6.07) is 7.42. The number of hydrogen-bond acceptors (Lipinski definition) is 2. The minimum absolute atomic E-state index is 0.315. The summed E-state index contributed by atoms with van der Waals surface area (Å²) in [4.78, 5) is 11.0. The van der Waals surface area contributed by atoms with E-state index in [-0.39, 0.29) is 0 Å². The van der Waals surface area contributed by atoms with Gasteiger partial charge in [0.15, 0.2) is 0 Å². The largest absolute Gasteiger partial charge is 0.447 e. The summed E-state index contributed by atoms with van der Waals surface area (Å²) in [5, 5.41) is 3.38. The summed E-state index contributed by atoms with van der Waals surface area (Å²) in [5.41, 5.74) is 0.377. The molecular formula is C10H10ClNO2. The molecule has 1 aliphatic heterocycles. The summed E-state index contributed by atoms with van der Waals surface area (Å²) in [6.07, 6.45) is -0.396. The van der Waals surface area contributed by atoms with Crippen LogP contribution < -0.4 is 5.32 Å². The lowest BCUT2D eigenvalue weighted by Gasteiger charge is -2.22. The fourth-order valence-electron chi connectivity index (χ4n) is 1.56. The van der Waals surface area contributed by atoms with Gasteiger partial charge in [-0.3, -0.25) is 0 Å². The molecule has 1 heterocycles. The van der Waals surface area contributed by atoms with Crippen molar-refractivity contribution in [2.75, 3.05) is 6.61 Å². The van der Waals surface area contributed by atoms with E-state index in [1.165, 1.54) is 0 Å². The summed E-state index contributed by atoms with van der Waals surface area (Å²) >= 11 is 6.03. The third kappa shape index (κ3) is 1.44. The number of hydrogen-bond donors (Lipinski definition) is 1. The fourth-order valence-corrected chi connectivity index (χ4v) is 1.91. The van der Waals surface area contributed by atoms with Gasteiger partial charge in [-0.1, -0.05) is 29.8 Å². The number of ether oxygens (including phenoxy) is 1. The average molecular weight is 212 g/mol. The lowest BCUT2D eigenvalue weighted by atomic mass is 9.94. The Hall–Kier alpha value is -1.22. The van der Waals surface area contributed by atoms with E-state index in [0.29, 0.717) is 11.6 Å². The van der Waals surface area contributed by atoms with Gasteiger partial charge in [-0.05, 0) is 18.6 Å². The van der Waals surface area contributed by atoms with Gasteiger partial charge in [0.1, 0.15) is 12.1 Å². The molecule has 1 atom stereocenters. The van der Waals surface area contributed by atoms with Crippen LogP contribution in [0.25, 0.3) is 0 Å². The van der Waals surface area contributed by atoms with Crippen LogP contribution in [0.1, 0.15) is 12.5 Å². The van der Waals surface area contributed by atoms with E-state index >= 15 is 0 Å². The molecule has 1 fully saturated rings. The molecular weight excluding hydrogens is 202 g/mol. The Kier molecular flexibility index (Phi) is 2.11. The van der Waals surface area contributed by atoms with Gasteiger partial charge >= 0.3 is 6.09 Å². The maximum absolute atomic E-state index is 11.0. The number of cyclic esters (lactones) is 1. The van der Waals surface area contributed by atoms with Crippen LogP contribution in [-0.4, -0.2) is 12.7 Å². The van der Waals surface area contributed by atoms with E-state index in [9.17, 15) is 4.79 Å². The molecule has 0 spiro atoms. The summed E-state index contributed by atoms with van der Waals surface area (Å²) in [6.45, 7) is 2.20. The van der Waals surface area contributed by atoms with Gasteiger partial charge in [-0.2, -0.15) is 0 Å². The normalized spacial score (nSPS) is 25.7. The lowest BCUT2D eigenvalue weighted by Crippen LogP contribution is -2.37. The Morgan fingerprint density at radius 1 is 1.50 bits per heavy atom. The van der Waals surface area contributed by atoms with E-state index in [2.05, 4.69) is 5.32 Å². The highest BCUT2D eigenvalue weighted by Gasteiger charge is 2.37. The Morgan fingerprint density at radius 3 is 2.79 bits per heavy atom. The first-order chi connectivity index (χ1) is 6.62. The molecule has 1 N–H and O–H groups in total. The molecule has 3 nitrogen and oxygen atoms in total. The molecule has 0 aliphatic carbocycles. The molecule has 1 amide bonds. The molecule has 0 saturated carbocycles. The number of carbonyl (C=O) groups excluding carboxylic acids is 1. The van der Waals surface area contributed by atoms with Crippen molar-refractivity contribution in [1.29, 1.82) is 0 Å². The van der Waals surface area contributed by atoms with Crippen LogP contribution in [0, 0.1) is 0 Å². The molecule has 0 bridgehead atoms. The van der Waals surface area contributed by atoms with Crippen LogP contribution in [-0.2, 0) is 10.3 Å². The first kappa shape index (κ1) is 9.34. The molecule has 14 heavy (non-hydrogen) atoms. The smallest absolute Gasteiger partial charge is 0.408 e. The SMILES string of the molecule is CC1(c2ccccc2Cl)COC(=O)N1. The second-order valence-corrected chi connectivity index (χ2v) is 3.92. The van der Waals surface area contributed by atoms with Gasteiger partial charge in [-0.25, -0.2) is 4.79 Å². The van der Waals surface area contributed by atoms with Gasteiger partial charge in [0.05, 0.1) is 0 Å². The predicted molar refractivity (Wildman–Crippen MR) is 53.3 cm³/mol. The molecule has 1 aliphatic rings. The quantitative estimate of drug-likeness (QED) is 0.774. The number of carbonyl (C=O) groups is 1. The van der Waals surface area contributed by atoms with Crippen molar-refractivity contribution in [2.24, 2.45) is 0 Å². The average Bonchev–Trinajstić information content (AvgIpc) is 2.48. The lowest BCUT2D eigenvalue weighted by molar-refractivity contribution is 0.173. The highest BCUT2D eigenvalue weighted by Crippen LogP contribution is 2.30. The number of alkyl carbamates (subject to hydrolysis) is 1. The second-order valence-electron chi connectivity index (χ2n) is 3.51. The van der Waals surface area contributed by atoms with Crippen LogP contribution in [0.3, 0.4) is 0 Å². The summed E-state index contributed by atoms with van der Waals surface area (Å²) in [5.74, 6) is 0. The van der Waals surface area contributed by atoms with Crippen molar-refractivity contribution in [1.82, 2.24) is 5.32 Å². The highest BCUT2D eigenvalue weighted by atomic mass is 35.5. The minimum atomic E-state index is -0.505. The molecule has 4 heteroatoms. The van der Waals surface area contributed by atoms with Gasteiger partial charge in [-0.15, -0.1) is 0 Å². The van der Waals surface area contributed by atoms with Crippen LogP contribution in [0.2, 0.25) is 5.02 Å². The molecule has 1 saturated heterocycles. The van der Waals surface area contributed by atoms with E-state index in [0.717, 1.165) is 5.56 Å². The number of halogens is 1.